The smallest absolute Gasteiger partial charge is 0.339 e. The first-order chi connectivity index (χ1) is 17.9. The molecule has 0 saturated carbocycles. The zero-order valence-electron chi connectivity index (χ0n) is 20.3. The Balaban J connectivity index is 1.39. The summed E-state index contributed by atoms with van der Waals surface area (Å²) < 4.78 is 6.58. The van der Waals surface area contributed by atoms with Crippen LogP contribution in [-0.4, -0.2) is 34.6 Å². The Hall–Kier alpha value is -4.66. The second kappa shape index (κ2) is 9.77. The number of carbonyl (C=O) groups excluding carboxylic acids is 2. The molecule has 4 aromatic rings. The number of amides is 1. The largest absolute Gasteiger partial charge is 0.452 e. The molecule has 0 aliphatic heterocycles. The van der Waals surface area contributed by atoms with Gasteiger partial charge in [-0.15, -0.1) is 0 Å². The molecule has 1 heterocycles. The number of carbonyl (C=O) groups is 2. The van der Waals surface area contributed by atoms with Gasteiger partial charge in [-0.2, -0.15) is 0 Å². The molecule has 3 N–H and O–H groups in total. The van der Waals surface area contributed by atoms with E-state index in [0.717, 1.165) is 34.1 Å². The first-order valence-electron chi connectivity index (χ1n) is 12.1. The van der Waals surface area contributed by atoms with Crippen molar-refractivity contribution in [3.05, 3.63) is 104 Å². The van der Waals surface area contributed by atoms with Gasteiger partial charge in [0.1, 0.15) is 5.82 Å². The van der Waals surface area contributed by atoms with Crippen molar-refractivity contribution in [2.45, 2.75) is 26.3 Å². The number of rotatable bonds is 7. The fourth-order valence-corrected chi connectivity index (χ4v) is 4.93. The van der Waals surface area contributed by atoms with E-state index < -0.39 is 29.7 Å². The third kappa shape index (κ3) is 4.40. The van der Waals surface area contributed by atoms with Crippen LogP contribution in [0.15, 0.2) is 70.3 Å². The number of esters is 1. The highest BCUT2D eigenvalue weighted by Crippen LogP contribution is 2.33. The summed E-state index contributed by atoms with van der Waals surface area (Å²) in [6, 6.07) is 18.6. The lowest BCUT2D eigenvalue weighted by Gasteiger charge is -2.23. The van der Waals surface area contributed by atoms with Gasteiger partial charge in [0.2, 0.25) is 0 Å². The molecule has 0 fully saturated rings. The maximum atomic E-state index is 13.1. The summed E-state index contributed by atoms with van der Waals surface area (Å²) in [4.78, 5) is 54.6. The van der Waals surface area contributed by atoms with Crippen LogP contribution >= 0.6 is 0 Å². The molecule has 0 saturated heterocycles. The van der Waals surface area contributed by atoms with Crippen LogP contribution in [0.3, 0.4) is 0 Å². The highest BCUT2D eigenvalue weighted by molar-refractivity contribution is 6.08. The lowest BCUT2D eigenvalue weighted by molar-refractivity contribution is -0.121. The molecule has 5 rings (SSSR count). The Bertz CT molecular complexity index is 1630. The number of anilines is 2. The summed E-state index contributed by atoms with van der Waals surface area (Å²) >= 11 is 0. The Labute approximate surface area is 212 Å². The molecule has 1 amide bonds. The van der Waals surface area contributed by atoms with Crippen molar-refractivity contribution in [1.29, 1.82) is 0 Å². The molecule has 0 radical (unpaired) electrons. The highest BCUT2D eigenvalue weighted by Gasteiger charge is 2.25. The number of nitrogen functional groups attached to an aromatic ring is 1. The van der Waals surface area contributed by atoms with E-state index in [1.807, 2.05) is 48.5 Å². The SMILES string of the molecule is CCN(C(=O)COC(=O)c1ccc2c3c(cccc13)CC2)c1c(N)n(Cc2ccccc2)c(=O)[nH]c1=O. The predicted octanol–water partition coefficient (Wildman–Crippen LogP) is 2.63. The van der Waals surface area contributed by atoms with Crippen molar-refractivity contribution in [1.82, 2.24) is 9.55 Å². The minimum Gasteiger partial charge on any atom is -0.452 e. The Morgan fingerprint density at radius 2 is 1.73 bits per heavy atom. The number of nitrogens with one attached hydrogen (secondary N) is 1. The molecular weight excluding hydrogens is 472 g/mol. The molecule has 9 nitrogen and oxygen atoms in total. The molecule has 0 bridgehead atoms. The van der Waals surface area contributed by atoms with Crippen molar-refractivity contribution in [3.8, 4) is 0 Å². The number of H-pyrrole nitrogens is 1. The van der Waals surface area contributed by atoms with Gasteiger partial charge in [0.15, 0.2) is 12.3 Å². The first kappa shape index (κ1) is 24.1. The zero-order chi connectivity index (χ0) is 26.1. The molecule has 0 spiro atoms. The lowest BCUT2D eigenvalue weighted by atomic mass is 10.00. The fraction of sp³-hybridized carbons (Fsp3) is 0.214. The number of aromatic nitrogens is 2. The number of ether oxygens (including phenoxy) is 1. The average molecular weight is 499 g/mol. The van der Waals surface area contributed by atoms with Gasteiger partial charge in [-0.3, -0.25) is 19.1 Å². The Morgan fingerprint density at radius 3 is 2.46 bits per heavy atom. The van der Waals surface area contributed by atoms with Gasteiger partial charge >= 0.3 is 11.7 Å². The molecule has 1 aliphatic rings. The number of nitrogens with zero attached hydrogens (tertiary/aromatic N) is 2. The van der Waals surface area contributed by atoms with Crippen molar-refractivity contribution >= 4 is 34.2 Å². The van der Waals surface area contributed by atoms with Gasteiger partial charge in [0.25, 0.3) is 11.5 Å². The number of hydrogen-bond acceptors (Lipinski definition) is 6. The number of hydrogen-bond donors (Lipinski definition) is 2. The average Bonchev–Trinajstić information content (AvgIpc) is 3.33. The maximum absolute atomic E-state index is 13.1. The van der Waals surface area contributed by atoms with E-state index in [0.29, 0.717) is 5.56 Å². The number of nitrogens with two attached hydrogens (primary N) is 1. The van der Waals surface area contributed by atoms with E-state index >= 15 is 0 Å². The number of aromatic amines is 1. The molecule has 37 heavy (non-hydrogen) atoms. The van der Waals surface area contributed by atoms with Crippen molar-refractivity contribution < 1.29 is 14.3 Å². The van der Waals surface area contributed by atoms with Crippen LogP contribution in [0.2, 0.25) is 0 Å². The summed E-state index contributed by atoms with van der Waals surface area (Å²) in [5, 5.41) is 1.87. The molecule has 9 heteroatoms. The standard InChI is InChI=1S/C28H26N4O5/c1-2-31(24-25(29)32(28(36)30-26(24)34)15-17-7-4-3-5-8-17)22(33)16-37-27(35)21-14-13-19-12-11-18-9-6-10-20(21)23(18)19/h3-10,13-14H,2,11-12,15-16,29H2,1H3,(H,30,34,36). The lowest BCUT2D eigenvalue weighted by Crippen LogP contribution is -2.42. The molecule has 188 valence electrons. The molecule has 0 unspecified atom stereocenters. The molecule has 3 aromatic carbocycles. The number of likely N-dealkylation sites (N-methyl/N-ethyl adjacent to an activating group) is 1. The summed E-state index contributed by atoms with van der Waals surface area (Å²) in [7, 11) is 0. The first-order valence-corrected chi connectivity index (χ1v) is 12.1. The summed E-state index contributed by atoms with van der Waals surface area (Å²) in [5.74, 6) is -1.41. The summed E-state index contributed by atoms with van der Waals surface area (Å²) in [5.41, 5.74) is 8.15. The van der Waals surface area contributed by atoms with E-state index in [2.05, 4.69) is 11.1 Å². The van der Waals surface area contributed by atoms with Crippen molar-refractivity contribution in [2.75, 3.05) is 23.8 Å². The minimum atomic E-state index is -0.791. The summed E-state index contributed by atoms with van der Waals surface area (Å²) in [6.07, 6.45) is 1.86. The predicted molar refractivity (Wildman–Crippen MR) is 141 cm³/mol. The van der Waals surface area contributed by atoms with E-state index in [1.165, 1.54) is 15.7 Å². The van der Waals surface area contributed by atoms with E-state index in [9.17, 15) is 19.2 Å². The van der Waals surface area contributed by atoms with Crippen LogP contribution < -0.4 is 21.9 Å². The van der Waals surface area contributed by atoms with Crippen LogP contribution in [0.1, 0.15) is 34.0 Å². The van der Waals surface area contributed by atoms with Gasteiger partial charge < -0.3 is 15.4 Å². The third-order valence-corrected chi connectivity index (χ3v) is 6.71. The van der Waals surface area contributed by atoms with Gasteiger partial charge in [-0.1, -0.05) is 54.6 Å². The second-order valence-electron chi connectivity index (χ2n) is 8.89. The van der Waals surface area contributed by atoms with Gasteiger partial charge in [0.05, 0.1) is 12.1 Å². The van der Waals surface area contributed by atoms with Crippen molar-refractivity contribution in [3.63, 3.8) is 0 Å². The molecule has 0 atom stereocenters. The number of aryl methyl sites for hydroxylation is 2. The third-order valence-electron chi connectivity index (χ3n) is 6.71. The van der Waals surface area contributed by atoms with Crippen LogP contribution in [0.4, 0.5) is 11.5 Å². The van der Waals surface area contributed by atoms with E-state index in [1.54, 1.807) is 13.0 Å². The second-order valence-corrected chi connectivity index (χ2v) is 8.89. The van der Waals surface area contributed by atoms with E-state index in [-0.39, 0.29) is 24.6 Å². The van der Waals surface area contributed by atoms with Crippen molar-refractivity contribution in [2.24, 2.45) is 0 Å². The molecule has 1 aliphatic carbocycles. The monoisotopic (exact) mass is 498 g/mol. The maximum Gasteiger partial charge on any atom is 0.339 e. The van der Waals surface area contributed by atoms with Gasteiger partial charge in [-0.25, -0.2) is 9.59 Å². The zero-order valence-corrected chi connectivity index (χ0v) is 20.3. The van der Waals surface area contributed by atoms with Gasteiger partial charge in [-0.05, 0) is 53.3 Å². The minimum absolute atomic E-state index is 0.0776. The van der Waals surface area contributed by atoms with Crippen LogP contribution in [-0.2, 0) is 28.9 Å². The van der Waals surface area contributed by atoms with Crippen LogP contribution in [0.25, 0.3) is 10.8 Å². The highest BCUT2D eigenvalue weighted by atomic mass is 16.5. The number of benzene rings is 3. The summed E-state index contributed by atoms with van der Waals surface area (Å²) in [6.45, 7) is 1.26. The van der Waals surface area contributed by atoms with Crippen LogP contribution in [0.5, 0.6) is 0 Å². The van der Waals surface area contributed by atoms with E-state index in [4.69, 9.17) is 10.5 Å². The molecule has 1 aromatic heterocycles. The fourth-order valence-electron chi connectivity index (χ4n) is 4.93. The normalized spacial score (nSPS) is 12.0. The van der Waals surface area contributed by atoms with Crippen LogP contribution in [0, 0.1) is 0 Å². The quantitative estimate of drug-likeness (QED) is 0.377. The Kier molecular flexibility index (Phi) is 6.35. The molecular formula is C28H26N4O5. The Morgan fingerprint density at radius 1 is 1.00 bits per heavy atom. The van der Waals surface area contributed by atoms with Gasteiger partial charge in [0, 0.05) is 6.54 Å². The topological polar surface area (TPSA) is 127 Å².